The quantitative estimate of drug-likeness (QED) is 0.114. The van der Waals surface area contributed by atoms with Gasteiger partial charge in [0, 0.05) is 11.9 Å². The smallest absolute Gasteiger partial charge is 0.272 e. The number of guanidine groups is 1. The SMILES string of the molecule is Cc1cc(CC(=O)NCCON=C(N)N)c(NS(=O)(=O)c2ccc(S(C)(=O)=O)cc2)c(=O)[nH]1. The van der Waals surface area contributed by atoms with E-state index in [0.717, 1.165) is 30.5 Å². The Morgan fingerprint density at radius 3 is 2.30 bits per heavy atom. The van der Waals surface area contributed by atoms with E-state index in [4.69, 9.17) is 16.3 Å². The first-order valence-electron chi connectivity index (χ1n) is 9.33. The van der Waals surface area contributed by atoms with Gasteiger partial charge in [-0.15, -0.1) is 0 Å². The lowest BCUT2D eigenvalue weighted by atomic mass is 10.1. The number of aromatic amines is 1. The highest BCUT2D eigenvalue weighted by molar-refractivity contribution is 7.92. The second-order valence-corrected chi connectivity index (χ2v) is 10.6. The molecule has 1 heterocycles. The molecular formula is C18H24N6O7S2. The van der Waals surface area contributed by atoms with Crippen LogP contribution >= 0.6 is 0 Å². The molecule has 2 rings (SSSR count). The highest BCUT2D eigenvalue weighted by atomic mass is 32.2. The van der Waals surface area contributed by atoms with Crippen LogP contribution in [0.4, 0.5) is 5.69 Å². The predicted molar refractivity (Wildman–Crippen MR) is 121 cm³/mol. The molecule has 0 saturated carbocycles. The number of nitrogens with zero attached hydrogens (tertiary/aromatic N) is 1. The summed E-state index contributed by atoms with van der Waals surface area (Å²) in [4.78, 5) is 31.6. The number of hydrogen-bond donors (Lipinski definition) is 5. The van der Waals surface area contributed by atoms with Crippen LogP contribution in [0.2, 0.25) is 0 Å². The van der Waals surface area contributed by atoms with Crippen LogP contribution in [0.1, 0.15) is 11.3 Å². The number of amides is 1. The molecule has 13 nitrogen and oxygen atoms in total. The third-order valence-corrected chi connectivity index (χ3v) is 6.58. The van der Waals surface area contributed by atoms with Crippen LogP contribution in [0.3, 0.4) is 0 Å². The minimum atomic E-state index is -4.26. The summed E-state index contributed by atoms with van der Waals surface area (Å²) in [5.41, 5.74) is 9.67. The van der Waals surface area contributed by atoms with E-state index in [1.165, 1.54) is 6.07 Å². The van der Waals surface area contributed by atoms with E-state index in [0.29, 0.717) is 5.69 Å². The van der Waals surface area contributed by atoms with Crippen LogP contribution in [0.15, 0.2) is 50.1 Å². The number of sulfonamides is 1. The number of sulfone groups is 1. The molecular weight excluding hydrogens is 476 g/mol. The molecule has 0 bridgehead atoms. The first kappa shape index (κ1) is 25.7. The molecule has 15 heteroatoms. The maximum Gasteiger partial charge on any atom is 0.272 e. The molecule has 180 valence electrons. The van der Waals surface area contributed by atoms with Crippen LogP contribution in [0, 0.1) is 6.92 Å². The number of rotatable bonds is 10. The fourth-order valence-corrected chi connectivity index (χ4v) is 4.39. The van der Waals surface area contributed by atoms with Gasteiger partial charge in [0.1, 0.15) is 12.3 Å². The Labute approximate surface area is 190 Å². The average Bonchev–Trinajstić information content (AvgIpc) is 2.69. The Bertz CT molecular complexity index is 1310. The van der Waals surface area contributed by atoms with Crippen molar-refractivity contribution in [1.82, 2.24) is 10.3 Å². The van der Waals surface area contributed by atoms with Crippen molar-refractivity contribution >= 4 is 37.4 Å². The Morgan fingerprint density at radius 1 is 1.12 bits per heavy atom. The standard InChI is InChI=1S/C18H24N6O7S2/c1-11-9-12(10-15(25)21-7-8-31-23-18(19)20)16(17(26)22-11)24-33(29,30)14-5-3-13(4-6-14)32(2,27)28/h3-6,9,24H,7-8,10H2,1-2H3,(H,21,25)(H,22,26)(H4,19,20,23). The summed E-state index contributed by atoms with van der Waals surface area (Å²) in [5.74, 6) is -0.783. The molecule has 0 aliphatic carbocycles. The van der Waals surface area contributed by atoms with E-state index in [2.05, 4.69) is 20.2 Å². The molecule has 1 aromatic heterocycles. The minimum absolute atomic E-state index is 0.0129. The molecule has 0 unspecified atom stereocenters. The summed E-state index contributed by atoms with van der Waals surface area (Å²) < 4.78 is 50.9. The lowest BCUT2D eigenvalue weighted by Crippen LogP contribution is -2.30. The highest BCUT2D eigenvalue weighted by Gasteiger charge is 2.21. The Balaban J connectivity index is 2.22. The van der Waals surface area contributed by atoms with Crippen molar-refractivity contribution in [1.29, 1.82) is 0 Å². The number of H-pyrrole nitrogens is 1. The van der Waals surface area contributed by atoms with Gasteiger partial charge >= 0.3 is 0 Å². The number of hydrogen-bond acceptors (Lipinski definition) is 8. The van der Waals surface area contributed by atoms with Gasteiger partial charge in [0.2, 0.25) is 11.9 Å². The van der Waals surface area contributed by atoms with Crippen LogP contribution < -0.4 is 27.1 Å². The van der Waals surface area contributed by atoms with Crippen molar-refractivity contribution in [3.05, 3.63) is 51.9 Å². The van der Waals surface area contributed by atoms with Crippen molar-refractivity contribution < 1.29 is 26.5 Å². The molecule has 7 N–H and O–H groups in total. The van der Waals surface area contributed by atoms with Crippen molar-refractivity contribution in [2.45, 2.75) is 23.1 Å². The van der Waals surface area contributed by atoms with E-state index in [1.54, 1.807) is 6.92 Å². The topological polar surface area (TPSA) is 216 Å². The van der Waals surface area contributed by atoms with Gasteiger partial charge in [-0.25, -0.2) is 16.8 Å². The van der Waals surface area contributed by atoms with Crippen LogP contribution in [-0.2, 0) is 35.9 Å². The summed E-state index contributed by atoms with van der Waals surface area (Å²) in [6.45, 7) is 1.63. The zero-order valence-corrected chi connectivity index (χ0v) is 19.4. The zero-order chi connectivity index (χ0) is 24.8. The number of nitrogens with one attached hydrogen (secondary N) is 3. The molecule has 1 amide bonds. The number of oxime groups is 1. The molecule has 33 heavy (non-hydrogen) atoms. The number of aryl methyl sites for hydroxylation is 1. The molecule has 2 aromatic rings. The number of carbonyl (C=O) groups is 1. The van der Waals surface area contributed by atoms with Gasteiger partial charge in [-0.1, -0.05) is 0 Å². The molecule has 0 aliphatic heterocycles. The van der Waals surface area contributed by atoms with Gasteiger partial charge in [-0.2, -0.15) is 0 Å². The summed E-state index contributed by atoms with van der Waals surface area (Å²) in [6, 6.07) is 5.94. The molecule has 0 atom stereocenters. The Morgan fingerprint density at radius 2 is 1.73 bits per heavy atom. The summed E-state index contributed by atoms with van der Waals surface area (Å²) >= 11 is 0. The molecule has 0 aliphatic rings. The van der Waals surface area contributed by atoms with E-state index < -0.39 is 31.3 Å². The van der Waals surface area contributed by atoms with Gasteiger partial charge in [0.25, 0.3) is 15.6 Å². The number of benzene rings is 1. The second kappa shape index (κ2) is 10.4. The zero-order valence-electron chi connectivity index (χ0n) is 17.8. The molecule has 0 radical (unpaired) electrons. The molecule has 0 spiro atoms. The monoisotopic (exact) mass is 500 g/mol. The van der Waals surface area contributed by atoms with Crippen molar-refractivity contribution in [3.8, 4) is 0 Å². The normalized spacial score (nSPS) is 11.5. The number of anilines is 1. The van der Waals surface area contributed by atoms with Gasteiger partial charge in [0.15, 0.2) is 9.84 Å². The van der Waals surface area contributed by atoms with Crippen molar-refractivity contribution in [3.63, 3.8) is 0 Å². The van der Waals surface area contributed by atoms with E-state index in [-0.39, 0.29) is 46.6 Å². The van der Waals surface area contributed by atoms with Crippen molar-refractivity contribution in [2.75, 3.05) is 24.1 Å². The highest BCUT2D eigenvalue weighted by Crippen LogP contribution is 2.19. The number of nitrogens with two attached hydrogens (primary N) is 2. The number of pyridine rings is 1. The summed E-state index contributed by atoms with van der Waals surface area (Å²) in [6.07, 6.45) is 0.683. The Kier molecular flexibility index (Phi) is 8.05. The van der Waals surface area contributed by atoms with E-state index >= 15 is 0 Å². The van der Waals surface area contributed by atoms with Gasteiger partial charge in [0.05, 0.1) is 22.8 Å². The summed E-state index contributed by atoms with van der Waals surface area (Å²) in [7, 11) is -7.77. The third kappa shape index (κ3) is 7.50. The lowest BCUT2D eigenvalue weighted by Gasteiger charge is -2.13. The van der Waals surface area contributed by atoms with Gasteiger partial charge in [-0.05, 0) is 48.0 Å². The number of aromatic nitrogens is 1. The van der Waals surface area contributed by atoms with E-state index in [9.17, 15) is 26.4 Å². The van der Waals surface area contributed by atoms with Crippen LogP contribution in [0.25, 0.3) is 0 Å². The van der Waals surface area contributed by atoms with Crippen molar-refractivity contribution in [2.24, 2.45) is 16.6 Å². The largest absolute Gasteiger partial charge is 0.391 e. The van der Waals surface area contributed by atoms with Crippen LogP contribution in [-0.4, -0.2) is 53.1 Å². The first-order chi connectivity index (χ1) is 15.3. The second-order valence-electron chi connectivity index (χ2n) is 6.91. The minimum Gasteiger partial charge on any atom is -0.391 e. The predicted octanol–water partition coefficient (Wildman–Crippen LogP) is -1.25. The maximum atomic E-state index is 12.8. The fraction of sp³-hybridized carbons (Fsp3) is 0.278. The fourth-order valence-electron chi connectivity index (χ4n) is 2.66. The molecule has 1 aromatic carbocycles. The average molecular weight is 501 g/mol. The first-order valence-corrected chi connectivity index (χ1v) is 12.7. The van der Waals surface area contributed by atoms with Gasteiger partial charge in [-0.3, -0.25) is 14.3 Å². The Hall–Kier alpha value is -3.59. The molecule has 0 saturated heterocycles. The lowest BCUT2D eigenvalue weighted by molar-refractivity contribution is -0.120. The van der Waals surface area contributed by atoms with Gasteiger partial charge < -0.3 is 26.6 Å². The number of carbonyl (C=O) groups excluding carboxylic acids is 1. The molecule has 0 fully saturated rings. The summed E-state index contributed by atoms with van der Waals surface area (Å²) in [5, 5.41) is 5.82. The third-order valence-electron chi connectivity index (χ3n) is 4.08. The van der Waals surface area contributed by atoms with Crippen LogP contribution in [0.5, 0.6) is 0 Å². The maximum absolute atomic E-state index is 12.8. The van der Waals surface area contributed by atoms with E-state index in [1.807, 2.05) is 0 Å².